The number of nitrogens with one attached hydrogen (secondary N) is 1. The molecule has 2 nitrogen and oxygen atoms in total. The van der Waals surface area contributed by atoms with E-state index in [1.54, 1.807) is 0 Å². The highest BCUT2D eigenvalue weighted by Gasteiger charge is 2.27. The maximum atomic E-state index is 5.27. The van der Waals surface area contributed by atoms with Gasteiger partial charge in [0, 0.05) is 38.0 Å². The molecule has 1 N–H and O–H groups in total. The summed E-state index contributed by atoms with van der Waals surface area (Å²) in [4.78, 5) is 2.62. The fraction of sp³-hybridized carbons (Fsp3) is 0.867. The Bertz CT molecular complexity index is 268. The smallest absolute Gasteiger partial charge is 0.0545 e. The standard InChI is InChI=1S/C15H26N2S/c1-2-11-18-12-10-17-9-8-16-15(13-17)14-6-4-3-5-7-14/h1,14-16H,3-13H2. The van der Waals surface area contributed by atoms with E-state index >= 15 is 0 Å². The molecule has 1 saturated carbocycles. The van der Waals surface area contributed by atoms with Crippen LogP contribution in [0.25, 0.3) is 0 Å². The normalized spacial score (nSPS) is 26.9. The zero-order valence-electron chi connectivity index (χ0n) is 11.4. The lowest BCUT2D eigenvalue weighted by atomic mass is 9.83. The molecule has 2 fully saturated rings. The molecule has 1 heterocycles. The van der Waals surface area contributed by atoms with E-state index in [2.05, 4.69) is 16.1 Å². The summed E-state index contributed by atoms with van der Waals surface area (Å²) in [6, 6.07) is 0.747. The Morgan fingerprint density at radius 3 is 2.89 bits per heavy atom. The van der Waals surface area contributed by atoms with Gasteiger partial charge < -0.3 is 5.32 Å². The number of hydrogen-bond acceptors (Lipinski definition) is 3. The van der Waals surface area contributed by atoms with Crippen molar-refractivity contribution >= 4 is 11.8 Å². The topological polar surface area (TPSA) is 15.3 Å². The first-order valence-corrected chi connectivity index (χ1v) is 8.52. The molecule has 1 aliphatic carbocycles. The van der Waals surface area contributed by atoms with Crippen LogP contribution >= 0.6 is 11.8 Å². The highest BCUT2D eigenvalue weighted by atomic mass is 32.2. The highest BCUT2D eigenvalue weighted by Crippen LogP contribution is 2.27. The molecule has 0 bridgehead atoms. The second-order valence-corrected chi connectivity index (χ2v) is 6.62. The fourth-order valence-corrected chi connectivity index (χ4v) is 3.87. The van der Waals surface area contributed by atoms with Crippen LogP contribution in [0.3, 0.4) is 0 Å². The van der Waals surface area contributed by atoms with Gasteiger partial charge in [0.05, 0.1) is 5.75 Å². The van der Waals surface area contributed by atoms with E-state index in [9.17, 15) is 0 Å². The first-order chi connectivity index (χ1) is 8.90. The molecule has 0 aromatic carbocycles. The number of rotatable bonds is 5. The summed E-state index contributed by atoms with van der Waals surface area (Å²) in [6.07, 6.45) is 12.5. The van der Waals surface area contributed by atoms with Crippen molar-refractivity contribution in [2.24, 2.45) is 5.92 Å². The summed E-state index contributed by atoms with van der Waals surface area (Å²) < 4.78 is 0. The van der Waals surface area contributed by atoms with Gasteiger partial charge in [0.2, 0.25) is 0 Å². The van der Waals surface area contributed by atoms with Gasteiger partial charge in [-0.15, -0.1) is 18.2 Å². The van der Waals surface area contributed by atoms with Crippen LogP contribution in [0.4, 0.5) is 0 Å². The monoisotopic (exact) mass is 266 g/mol. The summed E-state index contributed by atoms with van der Waals surface area (Å²) in [5, 5.41) is 3.74. The summed E-state index contributed by atoms with van der Waals surface area (Å²) in [7, 11) is 0. The van der Waals surface area contributed by atoms with Gasteiger partial charge >= 0.3 is 0 Å². The van der Waals surface area contributed by atoms with E-state index in [1.165, 1.54) is 64.0 Å². The van der Waals surface area contributed by atoms with Crippen LogP contribution in [0.5, 0.6) is 0 Å². The van der Waals surface area contributed by atoms with E-state index in [4.69, 9.17) is 6.42 Å². The molecule has 2 rings (SSSR count). The number of piperazine rings is 1. The summed E-state index contributed by atoms with van der Waals surface area (Å²) in [5.41, 5.74) is 0. The van der Waals surface area contributed by atoms with Gasteiger partial charge in [-0.1, -0.05) is 25.2 Å². The van der Waals surface area contributed by atoms with E-state index in [0.29, 0.717) is 0 Å². The Morgan fingerprint density at radius 2 is 2.11 bits per heavy atom. The van der Waals surface area contributed by atoms with E-state index in [-0.39, 0.29) is 0 Å². The largest absolute Gasteiger partial charge is 0.311 e. The zero-order valence-corrected chi connectivity index (χ0v) is 12.2. The Balaban J connectivity index is 1.69. The SMILES string of the molecule is C#CCSCCN1CCNC(C2CCCCC2)C1. The highest BCUT2D eigenvalue weighted by molar-refractivity contribution is 7.99. The Morgan fingerprint density at radius 1 is 1.28 bits per heavy atom. The molecule has 1 unspecified atom stereocenters. The van der Waals surface area contributed by atoms with Crippen LogP contribution in [-0.4, -0.2) is 48.6 Å². The Hall–Kier alpha value is -0.170. The second kappa shape index (κ2) is 8.09. The maximum Gasteiger partial charge on any atom is 0.0545 e. The quantitative estimate of drug-likeness (QED) is 0.607. The third kappa shape index (κ3) is 4.50. The van der Waals surface area contributed by atoms with Crippen molar-refractivity contribution in [3.63, 3.8) is 0 Å². The zero-order chi connectivity index (χ0) is 12.6. The average Bonchev–Trinajstić information content (AvgIpc) is 2.45. The molecule has 0 radical (unpaired) electrons. The summed E-state index contributed by atoms with van der Waals surface area (Å²) in [6.45, 7) is 4.83. The van der Waals surface area contributed by atoms with Gasteiger partial charge in [0.15, 0.2) is 0 Å². The number of nitrogens with zero attached hydrogens (tertiary/aromatic N) is 1. The predicted octanol–water partition coefficient (Wildman–Crippen LogP) is 2.21. The minimum atomic E-state index is 0.747. The van der Waals surface area contributed by atoms with E-state index in [0.717, 1.165) is 17.7 Å². The van der Waals surface area contributed by atoms with Crippen molar-refractivity contribution in [2.45, 2.75) is 38.1 Å². The lowest BCUT2D eigenvalue weighted by Gasteiger charge is -2.39. The molecule has 2 aliphatic rings. The van der Waals surface area contributed by atoms with Gasteiger partial charge in [-0.25, -0.2) is 0 Å². The van der Waals surface area contributed by atoms with Crippen molar-refractivity contribution < 1.29 is 0 Å². The molecule has 1 aliphatic heterocycles. The van der Waals surface area contributed by atoms with Gasteiger partial charge in [0.1, 0.15) is 0 Å². The maximum absolute atomic E-state index is 5.27. The van der Waals surface area contributed by atoms with Crippen LogP contribution in [0.1, 0.15) is 32.1 Å². The molecule has 1 saturated heterocycles. The van der Waals surface area contributed by atoms with Gasteiger partial charge in [-0.2, -0.15) is 0 Å². The van der Waals surface area contributed by atoms with Crippen molar-refractivity contribution in [1.82, 2.24) is 10.2 Å². The van der Waals surface area contributed by atoms with E-state index < -0.39 is 0 Å². The predicted molar refractivity (Wildman–Crippen MR) is 81.0 cm³/mol. The second-order valence-electron chi connectivity index (χ2n) is 5.52. The van der Waals surface area contributed by atoms with Crippen LogP contribution in [0.2, 0.25) is 0 Å². The van der Waals surface area contributed by atoms with Crippen LogP contribution in [0, 0.1) is 18.3 Å². The number of thioether (sulfide) groups is 1. The van der Waals surface area contributed by atoms with Gasteiger partial charge in [0.25, 0.3) is 0 Å². The molecule has 18 heavy (non-hydrogen) atoms. The first kappa shape index (κ1) is 14.2. The molecule has 3 heteroatoms. The molecule has 102 valence electrons. The van der Waals surface area contributed by atoms with Crippen molar-refractivity contribution in [2.75, 3.05) is 37.7 Å². The summed E-state index contributed by atoms with van der Waals surface area (Å²) in [5.74, 6) is 5.67. The molecule has 0 aromatic rings. The third-order valence-corrected chi connectivity index (χ3v) is 5.09. The average molecular weight is 266 g/mol. The molecule has 0 aromatic heterocycles. The lowest BCUT2D eigenvalue weighted by Crippen LogP contribution is -2.54. The van der Waals surface area contributed by atoms with Crippen molar-refractivity contribution in [1.29, 1.82) is 0 Å². The lowest BCUT2D eigenvalue weighted by molar-refractivity contribution is 0.152. The van der Waals surface area contributed by atoms with Crippen molar-refractivity contribution in [3.05, 3.63) is 0 Å². The number of terminal acetylenes is 1. The number of hydrogen-bond donors (Lipinski definition) is 1. The minimum Gasteiger partial charge on any atom is -0.311 e. The first-order valence-electron chi connectivity index (χ1n) is 7.37. The third-order valence-electron chi connectivity index (χ3n) is 4.25. The van der Waals surface area contributed by atoms with Crippen LogP contribution < -0.4 is 5.32 Å². The van der Waals surface area contributed by atoms with Gasteiger partial charge in [-0.3, -0.25) is 4.90 Å². The van der Waals surface area contributed by atoms with Crippen LogP contribution in [-0.2, 0) is 0 Å². The fourth-order valence-electron chi connectivity index (χ4n) is 3.22. The van der Waals surface area contributed by atoms with E-state index in [1.807, 2.05) is 11.8 Å². The molecule has 1 atom stereocenters. The van der Waals surface area contributed by atoms with Gasteiger partial charge in [-0.05, 0) is 18.8 Å². The summed E-state index contributed by atoms with van der Waals surface area (Å²) >= 11 is 1.89. The van der Waals surface area contributed by atoms with Crippen LogP contribution in [0.15, 0.2) is 0 Å². The van der Waals surface area contributed by atoms with Crippen molar-refractivity contribution in [3.8, 4) is 12.3 Å². The molecule has 0 spiro atoms. The molecular weight excluding hydrogens is 240 g/mol. The molecular formula is C15H26N2S. The molecule has 0 amide bonds. The Kier molecular flexibility index (Phi) is 6.40. The Labute approximate surface area is 116 Å². The minimum absolute atomic E-state index is 0.747.